The Kier molecular flexibility index (Phi) is 3.95. The standard InChI is InChI=1S/C14H10ClFO2/c15-13-5-2-6-14(16)12(13)9-18-11-4-1-3-10(7-11)8-17/h1-8H,9H2. The molecule has 2 aromatic carbocycles. The maximum atomic E-state index is 13.5. The van der Waals surface area contributed by atoms with E-state index in [0.717, 1.165) is 6.29 Å². The van der Waals surface area contributed by atoms with Crippen LogP contribution in [0.2, 0.25) is 5.02 Å². The van der Waals surface area contributed by atoms with Gasteiger partial charge in [0.05, 0.1) is 5.02 Å². The Hall–Kier alpha value is -1.87. The van der Waals surface area contributed by atoms with E-state index in [2.05, 4.69) is 0 Å². The van der Waals surface area contributed by atoms with Gasteiger partial charge in [0.2, 0.25) is 0 Å². The normalized spacial score (nSPS) is 10.1. The summed E-state index contributed by atoms with van der Waals surface area (Å²) < 4.78 is 18.9. The second-order valence-corrected chi connectivity index (χ2v) is 4.09. The molecule has 2 aromatic rings. The summed E-state index contributed by atoms with van der Waals surface area (Å²) in [7, 11) is 0. The number of aldehydes is 1. The average Bonchev–Trinajstić information content (AvgIpc) is 2.38. The van der Waals surface area contributed by atoms with Gasteiger partial charge in [-0.1, -0.05) is 29.8 Å². The van der Waals surface area contributed by atoms with Crippen LogP contribution in [0, 0.1) is 5.82 Å². The lowest BCUT2D eigenvalue weighted by Crippen LogP contribution is -1.99. The summed E-state index contributed by atoms with van der Waals surface area (Å²) in [5, 5.41) is 0.321. The lowest BCUT2D eigenvalue weighted by Gasteiger charge is -2.08. The van der Waals surface area contributed by atoms with Gasteiger partial charge in [-0.15, -0.1) is 0 Å². The number of benzene rings is 2. The van der Waals surface area contributed by atoms with E-state index in [9.17, 15) is 9.18 Å². The summed E-state index contributed by atoms with van der Waals surface area (Å²) in [4.78, 5) is 10.6. The van der Waals surface area contributed by atoms with Gasteiger partial charge < -0.3 is 4.74 Å². The van der Waals surface area contributed by atoms with E-state index in [0.29, 0.717) is 21.9 Å². The molecule has 0 fully saturated rings. The van der Waals surface area contributed by atoms with Gasteiger partial charge in [0.25, 0.3) is 0 Å². The zero-order valence-corrected chi connectivity index (χ0v) is 10.2. The number of carbonyl (C=O) groups excluding carboxylic acids is 1. The zero-order chi connectivity index (χ0) is 13.0. The first-order valence-corrected chi connectivity index (χ1v) is 5.69. The zero-order valence-electron chi connectivity index (χ0n) is 9.40. The summed E-state index contributed by atoms with van der Waals surface area (Å²) in [6.45, 7) is 0.0216. The molecule has 0 atom stereocenters. The van der Waals surface area contributed by atoms with Crippen molar-refractivity contribution in [1.29, 1.82) is 0 Å². The number of carbonyl (C=O) groups is 1. The van der Waals surface area contributed by atoms with Gasteiger partial charge in [0.15, 0.2) is 0 Å². The van der Waals surface area contributed by atoms with Crippen molar-refractivity contribution in [3.63, 3.8) is 0 Å². The number of halogens is 2. The minimum absolute atomic E-state index is 0.0216. The lowest BCUT2D eigenvalue weighted by molar-refractivity contribution is 0.112. The van der Waals surface area contributed by atoms with Gasteiger partial charge in [-0.3, -0.25) is 4.79 Å². The molecular formula is C14H10ClFO2. The van der Waals surface area contributed by atoms with Crippen molar-refractivity contribution in [2.24, 2.45) is 0 Å². The van der Waals surface area contributed by atoms with Gasteiger partial charge in [0.1, 0.15) is 24.5 Å². The Labute approximate surface area is 109 Å². The molecule has 0 aliphatic heterocycles. The van der Waals surface area contributed by atoms with Gasteiger partial charge >= 0.3 is 0 Å². The molecule has 0 radical (unpaired) electrons. The summed E-state index contributed by atoms with van der Waals surface area (Å²) in [6.07, 6.45) is 0.725. The SMILES string of the molecule is O=Cc1cccc(OCc2c(F)cccc2Cl)c1. The third-order valence-corrected chi connectivity index (χ3v) is 2.79. The fourth-order valence-corrected chi connectivity index (χ4v) is 1.72. The van der Waals surface area contributed by atoms with Crippen molar-refractivity contribution in [2.75, 3.05) is 0 Å². The van der Waals surface area contributed by atoms with E-state index in [1.54, 1.807) is 30.3 Å². The molecule has 0 aliphatic rings. The third kappa shape index (κ3) is 2.87. The second kappa shape index (κ2) is 5.65. The van der Waals surface area contributed by atoms with Gasteiger partial charge in [-0.2, -0.15) is 0 Å². The highest BCUT2D eigenvalue weighted by Crippen LogP contribution is 2.21. The Morgan fingerprint density at radius 3 is 2.72 bits per heavy atom. The largest absolute Gasteiger partial charge is 0.489 e. The third-order valence-electron chi connectivity index (χ3n) is 2.44. The molecule has 2 rings (SSSR count). The highest BCUT2D eigenvalue weighted by Gasteiger charge is 2.07. The molecule has 0 N–H and O–H groups in total. The van der Waals surface area contributed by atoms with Crippen LogP contribution < -0.4 is 4.74 Å². The molecule has 4 heteroatoms. The predicted molar refractivity (Wildman–Crippen MR) is 67.6 cm³/mol. The molecular weight excluding hydrogens is 255 g/mol. The fourth-order valence-electron chi connectivity index (χ4n) is 1.50. The smallest absolute Gasteiger partial charge is 0.150 e. The quantitative estimate of drug-likeness (QED) is 0.784. The van der Waals surface area contributed by atoms with Crippen molar-refractivity contribution in [1.82, 2.24) is 0 Å². The minimum Gasteiger partial charge on any atom is -0.489 e. The van der Waals surface area contributed by atoms with Gasteiger partial charge in [-0.05, 0) is 24.3 Å². The van der Waals surface area contributed by atoms with E-state index in [1.807, 2.05) is 0 Å². The van der Waals surface area contributed by atoms with Crippen LogP contribution in [0.1, 0.15) is 15.9 Å². The first kappa shape index (κ1) is 12.6. The van der Waals surface area contributed by atoms with E-state index >= 15 is 0 Å². The monoisotopic (exact) mass is 264 g/mol. The Balaban J connectivity index is 2.13. The van der Waals surface area contributed by atoms with Crippen molar-refractivity contribution in [3.05, 3.63) is 64.4 Å². The fraction of sp³-hybridized carbons (Fsp3) is 0.0714. The van der Waals surface area contributed by atoms with Crippen LogP contribution in [-0.4, -0.2) is 6.29 Å². The molecule has 92 valence electrons. The maximum absolute atomic E-state index is 13.5. The molecule has 0 spiro atoms. The number of hydrogen-bond donors (Lipinski definition) is 0. The van der Waals surface area contributed by atoms with E-state index in [1.165, 1.54) is 12.1 Å². The summed E-state index contributed by atoms with van der Waals surface area (Å²) in [5.41, 5.74) is 0.808. The van der Waals surface area contributed by atoms with E-state index in [4.69, 9.17) is 16.3 Å². The van der Waals surface area contributed by atoms with Crippen LogP contribution in [0.15, 0.2) is 42.5 Å². The second-order valence-electron chi connectivity index (χ2n) is 3.68. The van der Waals surface area contributed by atoms with Crippen molar-refractivity contribution < 1.29 is 13.9 Å². The molecule has 0 amide bonds. The Morgan fingerprint density at radius 1 is 1.22 bits per heavy atom. The molecule has 0 saturated carbocycles. The topological polar surface area (TPSA) is 26.3 Å². The van der Waals surface area contributed by atoms with Crippen LogP contribution in [0.25, 0.3) is 0 Å². The van der Waals surface area contributed by atoms with Crippen molar-refractivity contribution in [3.8, 4) is 5.75 Å². The average molecular weight is 265 g/mol. The van der Waals surface area contributed by atoms with E-state index in [-0.39, 0.29) is 6.61 Å². The molecule has 0 saturated heterocycles. The highest BCUT2D eigenvalue weighted by atomic mass is 35.5. The molecule has 18 heavy (non-hydrogen) atoms. The first-order valence-electron chi connectivity index (χ1n) is 5.31. The Morgan fingerprint density at radius 2 is 2.00 bits per heavy atom. The summed E-state index contributed by atoms with van der Waals surface area (Å²) >= 11 is 5.88. The number of hydrogen-bond acceptors (Lipinski definition) is 2. The maximum Gasteiger partial charge on any atom is 0.150 e. The first-order chi connectivity index (χ1) is 8.70. The number of rotatable bonds is 4. The Bertz CT molecular complexity index is 549. The minimum atomic E-state index is -0.408. The van der Waals surface area contributed by atoms with Gasteiger partial charge in [0, 0.05) is 11.1 Å². The molecule has 0 bridgehead atoms. The lowest BCUT2D eigenvalue weighted by atomic mass is 10.2. The van der Waals surface area contributed by atoms with Crippen LogP contribution >= 0.6 is 11.6 Å². The van der Waals surface area contributed by atoms with E-state index < -0.39 is 5.82 Å². The molecule has 0 unspecified atom stereocenters. The molecule has 2 nitrogen and oxygen atoms in total. The molecule has 0 aromatic heterocycles. The van der Waals surface area contributed by atoms with Crippen molar-refractivity contribution >= 4 is 17.9 Å². The summed E-state index contributed by atoms with van der Waals surface area (Å²) in [5.74, 6) is 0.0907. The summed E-state index contributed by atoms with van der Waals surface area (Å²) in [6, 6.07) is 11.1. The highest BCUT2D eigenvalue weighted by molar-refractivity contribution is 6.31. The molecule has 0 heterocycles. The number of ether oxygens (including phenoxy) is 1. The van der Waals surface area contributed by atoms with Crippen LogP contribution in [0.5, 0.6) is 5.75 Å². The van der Waals surface area contributed by atoms with Gasteiger partial charge in [-0.25, -0.2) is 4.39 Å². The van der Waals surface area contributed by atoms with Crippen LogP contribution in [0.4, 0.5) is 4.39 Å². The van der Waals surface area contributed by atoms with Crippen molar-refractivity contribution in [2.45, 2.75) is 6.61 Å². The van der Waals surface area contributed by atoms with Crippen LogP contribution in [-0.2, 0) is 6.61 Å². The molecule has 0 aliphatic carbocycles. The van der Waals surface area contributed by atoms with Crippen LogP contribution in [0.3, 0.4) is 0 Å². The predicted octanol–water partition coefficient (Wildman–Crippen LogP) is 3.87.